The summed E-state index contributed by atoms with van der Waals surface area (Å²) < 4.78 is 36.2. The standard InChI is InChI=1S/C12H19FNO6P/c1-3-19-21(18,20-4-2)12(15,9-14(16)17)10-6-5-7-11(13)8-10/h5-8,14-16H,3-4,9H2,1-2H3. The molecule has 0 saturated carbocycles. The van der Waals surface area contributed by atoms with Crippen molar-refractivity contribution in [1.82, 2.24) is 0 Å². The zero-order valence-electron chi connectivity index (χ0n) is 11.8. The molecule has 9 heteroatoms. The van der Waals surface area contributed by atoms with Gasteiger partial charge in [0, 0.05) is 5.56 Å². The van der Waals surface area contributed by atoms with Crippen LogP contribution in [0.25, 0.3) is 0 Å². The first-order valence-electron chi connectivity index (χ1n) is 6.38. The Morgan fingerprint density at radius 3 is 2.38 bits per heavy atom. The van der Waals surface area contributed by atoms with E-state index in [0.29, 0.717) is 0 Å². The summed E-state index contributed by atoms with van der Waals surface area (Å²) in [5.41, 5.74) is -0.171. The molecule has 2 unspecified atom stereocenters. The van der Waals surface area contributed by atoms with E-state index in [1.165, 1.54) is 26.0 Å². The average molecular weight is 323 g/mol. The van der Waals surface area contributed by atoms with Gasteiger partial charge in [0.05, 0.1) is 13.2 Å². The fourth-order valence-electron chi connectivity index (χ4n) is 1.90. The molecule has 0 fully saturated rings. The van der Waals surface area contributed by atoms with E-state index < -0.39 is 30.5 Å². The topological polar surface area (TPSA) is 103 Å². The van der Waals surface area contributed by atoms with Gasteiger partial charge in [0.2, 0.25) is 5.34 Å². The molecule has 120 valence electrons. The molecule has 2 atom stereocenters. The number of nitrogens with one attached hydrogen (secondary N) is 1. The lowest BCUT2D eigenvalue weighted by molar-refractivity contribution is -1.05. The van der Waals surface area contributed by atoms with Crippen LogP contribution >= 0.6 is 7.60 Å². The molecule has 1 rings (SSSR count). The molecular formula is C12H19FNO6P. The van der Waals surface area contributed by atoms with Crippen molar-refractivity contribution in [1.29, 1.82) is 0 Å². The van der Waals surface area contributed by atoms with E-state index in [4.69, 9.17) is 14.3 Å². The summed E-state index contributed by atoms with van der Waals surface area (Å²) in [5, 5.41) is 26.9. The van der Waals surface area contributed by atoms with Crippen molar-refractivity contribution in [2.24, 2.45) is 0 Å². The molecule has 0 radical (unpaired) electrons. The minimum atomic E-state index is -4.23. The Bertz CT molecular complexity index is 504. The normalized spacial score (nSPS) is 16.5. The van der Waals surface area contributed by atoms with Crippen LogP contribution in [0.2, 0.25) is 0 Å². The Hall–Kier alpha value is -0.860. The zero-order valence-corrected chi connectivity index (χ0v) is 12.7. The summed E-state index contributed by atoms with van der Waals surface area (Å²) in [7, 11) is -4.23. The van der Waals surface area contributed by atoms with E-state index in [1.54, 1.807) is 0 Å². The molecule has 1 aromatic carbocycles. The van der Waals surface area contributed by atoms with Crippen LogP contribution in [-0.2, 0) is 19.0 Å². The third-order valence-corrected chi connectivity index (χ3v) is 5.25. The number of hydrogen-bond acceptors (Lipinski definition) is 6. The van der Waals surface area contributed by atoms with Crippen LogP contribution in [0, 0.1) is 11.0 Å². The molecule has 7 nitrogen and oxygen atoms in total. The first kappa shape index (κ1) is 18.2. The maximum Gasteiger partial charge on any atom is 0.372 e. The second kappa shape index (κ2) is 7.42. The number of aliphatic hydroxyl groups is 1. The maximum atomic E-state index is 13.4. The quantitative estimate of drug-likeness (QED) is 0.487. The van der Waals surface area contributed by atoms with Gasteiger partial charge in [-0.2, -0.15) is 0 Å². The lowest BCUT2D eigenvalue weighted by Gasteiger charge is -2.35. The molecule has 1 aromatic rings. The van der Waals surface area contributed by atoms with Gasteiger partial charge in [-0.15, -0.1) is 0 Å². The second-order valence-corrected chi connectivity index (χ2v) is 6.48. The fourth-order valence-corrected chi connectivity index (χ4v) is 3.86. The van der Waals surface area contributed by atoms with Crippen molar-refractivity contribution in [2.45, 2.75) is 19.2 Å². The number of rotatable bonds is 8. The number of hydroxylamine groups is 2. The van der Waals surface area contributed by atoms with Crippen LogP contribution in [-0.4, -0.2) is 30.1 Å². The van der Waals surface area contributed by atoms with Gasteiger partial charge < -0.3 is 19.4 Å². The summed E-state index contributed by atoms with van der Waals surface area (Å²) in [6.45, 7) is 1.99. The summed E-state index contributed by atoms with van der Waals surface area (Å²) in [6, 6.07) is 4.58. The van der Waals surface area contributed by atoms with E-state index >= 15 is 0 Å². The van der Waals surface area contributed by atoms with Crippen molar-refractivity contribution in [2.75, 3.05) is 19.8 Å². The predicted octanol–water partition coefficient (Wildman–Crippen LogP) is 1.01. The molecule has 0 saturated heterocycles. The molecule has 0 heterocycles. The van der Waals surface area contributed by atoms with Gasteiger partial charge >= 0.3 is 7.60 Å². The Labute approximate surface area is 122 Å². The van der Waals surface area contributed by atoms with Gasteiger partial charge in [-0.1, -0.05) is 12.1 Å². The molecule has 0 aromatic heterocycles. The molecular weight excluding hydrogens is 304 g/mol. The van der Waals surface area contributed by atoms with Crippen molar-refractivity contribution >= 4 is 7.60 Å². The molecule has 0 aliphatic carbocycles. The molecule has 0 spiro atoms. The monoisotopic (exact) mass is 323 g/mol. The van der Waals surface area contributed by atoms with Gasteiger partial charge in [-0.3, -0.25) is 4.57 Å². The van der Waals surface area contributed by atoms with Crippen LogP contribution < -0.4 is 5.23 Å². The Kier molecular flexibility index (Phi) is 6.42. The number of halogens is 1. The maximum absolute atomic E-state index is 13.4. The molecule has 0 aliphatic rings. The number of hydrogen-bond donors (Lipinski definition) is 3. The predicted molar refractivity (Wildman–Crippen MR) is 72.1 cm³/mol. The van der Waals surface area contributed by atoms with Crippen LogP contribution in [0.3, 0.4) is 0 Å². The zero-order chi connectivity index (χ0) is 16.1. The van der Waals surface area contributed by atoms with Crippen LogP contribution in [0.15, 0.2) is 24.3 Å². The van der Waals surface area contributed by atoms with Crippen molar-refractivity contribution in [3.05, 3.63) is 40.9 Å². The average Bonchev–Trinajstić information content (AvgIpc) is 2.38. The highest BCUT2D eigenvalue weighted by atomic mass is 31.2. The summed E-state index contributed by atoms with van der Waals surface area (Å²) in [5.74, 6) is -0.698. The Balaban J connectivity index is 3.40. The number of benzene rings is 1. The Morgan fingerprint density at radius 1 is 1.38 bits per heavy atom. The highest BCUT2D eigenvalue weighted by Gasteiger charge is 2.54. The molecule has 0 amide bonds. The van der Waals surface area contributed by atoms with Gasteiger partial charge in [0.25, 0.3) is 0 Å². The SMILES string of the molecule is CCOP(=O)(OCC)C(O)(C[NH+]([O-])O)c1cccc(F)c1. The molecule has 3 N–H and O–H groups in total. The van der Waals surface area contributed by atoms with Crippen molar-refractivity contribution < 1.29 is 33.5 Å². The Morgan fingerprint density at radius 2 is 1.95 bits per heavy atom. The van der Waals surface area contributed by atoms with Crippen LogP contribution in [0.5, 0.6) is 0 Å². The van der Waals surface area contributed by atoms with Crippen molar-refractivity contribution in [3.63, 3.8) is 0 Å². The summed E-state index contributed by atoms with van der Waals surface area (Å²) >= 11 is 0. The minimum absolute atomic E-state index is 0.0610. The van der Waals surface area contributed by atoms with E-state index in [9.17, 15) is 19.3 Å². The fraction of sp³-hybridized carbons (Fsp3) is 0.500. The van der Waals surface area contributed by atoms with Gasteiger partial charge in [-0.05, 0) is 26.0 Å². The summed E-state index contributed by atoms with van der Waals surface area (Å²) in [6.07, 6.45) is 0. The second-order valence-electron chi connectivity index (χ2n) is 4.23. The van der Waals surface area contributed by atoms with E-state index in [0.717, 1.165) is 12.1 Å². The third-order valence-electron chi connectivity index (χ3n) is 2.74. The summed E-state index contributed by atoms with van der Waals surface area (Å²) in [4.78, 5) is 0. The molecule has 0 bridgehead atoms. The van der Waals surface area contributed by atoms with E-state index in [1.807, 2.05) is 0 Å². The third kappa shape index (κ3) is 4.08. The molecule has 0 aliphatic heterocycles. The highest BCUT2D eigenvalue weighted by Crippen LogP contribution is 2.63. The smallest absolute Gasteiger partial charge is 0.372 e. The largest absolute Gasteiger partial charge is 0.600 e. The van der Waals surface area contributed by atoms with Gasteiger partial charge in [0.1, 0.15) is 5.82 Å². The lowest BCUT2D eigenvalue weighted by Crippen LogP contribution is -3.06. The van der Waals surface area contributed by atoms with E-state index in [-0.39, 0.29) is 18.8 Å². The molecule has 21 heavy (non-hydrogen) atoms. The van der Waals surface area contributed by atoms with Gasteiger partial charge in [0.15, 0.2) is 6.54 Å². The van der Waals surface area contributed by atoms with Crippen molar-refractivity contribution in [3.8, 4) is 0 Å². The minimum Gasteiger partial charge on any atom is -0.600 e. The first-order valence-corrected chi connectivity index (χ1v) is 7.92. The van der Waals surface area contributed by atoms with Gasteiger partial charge in [-0.25, -0.2) is 14.8 Å². The van der Waals surface area contributed by atoms with Crippen LogP contribution in [0.1, 0.15) is 19.4 Å². The highest BCUT2D eigenvalue weighted by molar-refractivity contribution is 7.55. The van der Waals surface area contributed by atoms with Crippen LogP contribution in [0.4, 0.5) is 4.39 Å². The van der Waals surface area contributed by atoms with E-state index in [2.05, 4.69) is 0 Å². The first-order chi connectivity index (χ1) is 9.79. The number of quaternary nitrogens is 1. The lowest BCUT2D eigenvalue weighted by atomic mass is 10.1.